The van der Waals surface area contributed by atoms with Gasteiger partial charge in [-0.05, 0) is 31.2 Å². The predicted molar refractivity (Wildman–Crippen MR) is 70.3 cm³/mol. The Kier molecular flexibility index (Phi) is 3.30. The van der Waals surface area contributed by atoms with Crippen LogP contribution < -0.4 is 5.73 Å². The van der Waals surface area contributed by atoms with Crippen molar-refractivity contribution in [3.05, 3.63) is 35.8 Å². The van der Waals surface area contributed by atoms with Crippen LogP contribution in [0.5, 0.6) is 0 Å². The van der Waals surface area contributed by atoms with Crippen molar-refractivity contribution < 1.29 is 4.74 Å². The smallest absolute Gasteiger partial charge is 0.141 e. The van der Waals surface area contributed by atoms with Crippen molar-refractivity contribution in [1.82, 2.24) is 9.38 Å². The summed E-state index contributed by atoms with van der Waals surface area (Å²) in [5.41, 5.74) is 9.02. The van der Waals surface area contributed by atoms with Crippen LogP contribution in [-0.2, 0) is 17.7 Å². The first-order valence-corrected chi connectivity index (χ1v) is 6.60. The van der Waals surface area contributed by atoms with Gasteiger partial charge in [-0.2, -0.15) is 0 Å². The number of rotatable bonds is 3. The number of fused-ring (bicyclic) bond motifs is 1. The molecule has 4 heteroatoms. The maximum Gasteiger partial charge on any atom is 0.141 e. The predicted octanol–water partition coefficient (Wildman–Crippen LogP) is 1.76. The van der Waals surface area contributed by atoms with Crippen molar-refractivity contribution in [2.75, 3.05) is 13.2 Å². The van der Waals surface area contributed by atoms with Crippen LogP contribution in [0.1, 0.15) is 24.1 Å². The second-order valence-corrected chi connectivity index (χ2v) is 4.96. The molecule has 0 spiro atoms. The van der Waals surface area contributed by atoms with Gasteiger partial charge < -0.3 is 14.9 Å². The lowest BCUT2D eigenvalue weighted by atomic mass is 9.95. The SMILES string of the molecule is NCc1cccn2cc(CC3CCOCC3)nc12. The topological polar surface area (TPSA) is 52.5 Å². The van der Waals surface area contributed by atoms with Crippen LogP contribution in [0.4, 0.5) is 0 Å². The Morgan fingerprint density at radius 3 is 3.00 bits per heavy atom. The molecule has 3 heterocycles. The van der Waals surface area contributed by atoms with Crippen LogP contribution in [0.15, 0.2) is 24.5 Å². The molecule has 18 heavy (non-hydrogen) atoms. The second kappa shape index (κ2) is 5.08. The van der Waals surface area contributed by atoms with Crippen LogP contribution in [0.3, 0.4) is 0 Å². The third-order valence-electron chi connectivity index (χ3n) is 3.67. The van der Waals surface area contributed by atoms with Gasteiger partial charge in [0.2, 0.25) is 0 Å². The minimum absolute atomic E-state index is 0.540. The molecular weight excluding hydrogens is 226 g/mol. The van der Waals surface area contributed by atoms with E-state index < -0.39 is 0 Å². The Bertz CT molecular complexity index is 529. The van der Waals surface area contributed by atoms with E-state index in [0.29, 0.717) is 12.5 Å². The number of hydrogen-bond acceptors (Lipinski definition) is 3. The Balaban J connectivity index is 1.84. The molecule has 0 aromatic carbocycles. The van der Waals surface area contributed by atoms with Crippen molar-refractivity contribution >= 4 is 5.65 Å². The number of pyridine rings is 1. The molecule has 1 fully saturated rings. The molecule has 1 saturated heterocycles. The van der Waals surface area contributed by atoms with E-state index in [1.807, 2.05) is 18.3 Å². The molecule has 2 aromatic heterocycles. The Morgan fingerprint density at radius 1 is 1.39 bits per heavy atom. The molecule has 0 saturated carbocycles. The Labute approximate surface area is 107 Å². The molecule has 0 amide bonds. The van der Waals surface area contributed by atoms with Crippen molar-refractivity contribution in [2.45, 2.75) is 25.8 Å². The fourth-order valence-electron chi connectivity index (χ4n) is 2.63. The molecular formula is C14H19N3O. The highest BCUT2D eigenvalue weighted by atomic mass is 16.5. The first-order chi connectivity index (χ1) is 8.86. The maximum atomic E-state index is 5.74. The summed E-state index contributed by atoms with van der Waals surface area (Å²) in [6, 6.07) is 4.07. The second-order valence-electron chi connectivity index (χ2n) is 4.96. The number of imidazole rings is 1. The van der Waals surface area contributed by atoms with E-state index in [9.17, 15) is 0 Å². The van der Waals surface area contributed by atoms with Crippen molar-refractivity contribution in [1.29, 1.82) is 0 Å². The zero-order valence-electron chi connectivity index (χ0n) is 10.5. The van der Waals surface area contributed by atoms with E-state index in [0.717, 1.165) is 43.7 Å². The molecule has 3 rings (SSSR count). The van der Waals surface area contributed by atoms with Gasteiger partial charge in [-0.1, -0.05) is 6.07 Å². The van der Waals surface area contributed by atoms with Gasteiger partial charge in [-0.15, -0.1) is 0 Å². The number of nitrogens with two attached hydrogens (primary N) is 1. The normalized spacial score (nSPS) is 17.4. The van der Waals surface area contributed by atoms with E-state index in [4.69, 9.17) is 15.5 Å². The summed E-state index contributed by atoms with van der Waals surface area (Å²) < 4.78 is 7.47. The fourth-order valence-corrected chi connectivity index (χ4v) is 2.63. The van der Waals surface area contributed by atoms with Crippen LogP contribution in [0, 0.1) is 5.92 Å². The molecule has 2 N–H and O–H groups in total. The molecule has 1 aliphatic rings. The van der Waals surface area contributed by atoms with E-state index in [2.05, 4.69) is 10.6 Å². The van der Waals surface area contributed by atoms with E-state index in [-0.39, 0.29) is 0 Å². The molecule has 0 unspecified atom stereocenters. The van der Waals surface area contributed by atoms with Gasteiger partial charge in [-0.3, -0.25) is 0 Å². The zero-order valence-corrected chi connectivity index (χ0v) is 10.5. The molecule has 0 atom stereocenters. The third-order valence-corrected chi connectivity index (χ3v) is 3.67. The Hall–Kier alpha value is -1.39. The largest absolute Gasteiger partial charge is 0.381 e. The van der Waals surface area contributed by atoms with Crippen LogP contribution in [-0.4, -0.2) is 22.6 Å². The zero-order chi connectivity index (χ0) is 12.4. The maximum absolute atomic E-state index is 5.74. The lowest BCUT2D eigenvalue weighted by Gasteiger charge is -2.20. The molecule has 1 aliphatic heterocycles. The van der Waals surface area contributed by atoms with Crippen LogP contribution >= 0.6 is 0 Å². The standard InChI is InChI=1S/C14H19N3O/c15-9-12-2-1-5-17-10-13(16-14(12)17)8-11-3-6-18-7-4-11/h1-2,5,10-11H,3-4,6-9,15H2. The first-order valence-electron chi connectivity index (χ1n) is 6.60. The van der Waals surface area contributed by atoms with Gasteiger partial charge in [0.1, 0.15) is 5.65 Å². The average molecular weight is 245 g/mol. The van der Waals surface area contributed by atoms with Crippen LogP contribution in [0.2, 0.25) is 0 Å². The summed E-state index contributed by atoms with van der Waals surface area (Å²) in [6.07, 6.45) is 7.52. The first kappa shape index (κ1) is 11.7. The van der Waals surface area contributed by atoms with E-state index in [1.54, 1.807) is 0 Å². The molecule has 0 aliphatic carbocycles. The quantitative estimate of drug-likeness (QED) is 0.896. The molecule has 4 nitrogen and oxygen atoms in total. The van der Waals surface area contributed by atoms with Gasteiger partial charge in [-0.25, -0.2) is 4.98 Å². The van der Waals surface area contributed by atoms with Crippen molar-refractivity contribution in [3.8, 4) is 0 Å². The molecule has 0 bridgehead atoms. The highest BCUT2D eigenvalue weighted by Gasteiger charge is 2.16. The number of aromatic nitrogens is 2. The number of nitrogens with zero attached hydrogens (tertiary/aromatic N) is 2. The summed E-state index contributed by atoms with van der Waals surface area (Å²) in [6.45, 7) is 2.33. The summed E-state index contributed by atoms with van der Waals surface area (Å²) in [5.74, 6) is 0.713. The monoisotopic (exact) mass is 245 g/mol. The highest BCUT2D eigenvalue weighted by molar-refractivity contribution is 5.48. The lowest BCUT2D eigenvalue weighted by molar-refractivity contribution is 0.0663. The van der Waals surface area contributed by atoms with Crippen molar-refractivity contribution in [3.63, 3.8) is 0 Å². The fraction of sp³-hybridized carbons (Fsp3) is 0.500. The van der Waals surface area contributed by atoms with Gasteiger partial charge in [0.25, 0.3) is 0 Å². The van der Waals surface area contributed by atoms with Gasteiger partial charge in [0.15, 0.2) is 0 Å². The van der Waals surface area contributed by atoms with E-state index in [1.165, 1.54) is 5.69 Å². The average Bonchev–Trinajstić information content (AvgIpc) is 2.82. The summed E-state index contributed by atoms with van der Waals surface area (Å²) in [7, 11) is 0. The summed E-state index contributed by atoms with van der Waals surface area (Å²) >= 11 is 0. The highest BCUT2D eigenvalue weighted by Crippen LogP contribution is 2.20. The minimum Gasteiger partial charge on any atom is -0.381 e. The van der Waals surface area contributed by atoms with Crippen LogP contribution in [0.25, 0.3) is 5.65 Å². The summed E-state index contributed by atoms with van der Waals surface area (Å²) in [5, 5.41) is 0. The lowest BCUT2D eigenvalue weighted by Crippen LogP contribution is -2.17. The minimum atomic E-state index is 0.540. The van der Waals surface area contributed by atoms with Gasteiger partial charge in [0, 0.05) is 37.7 Å². The third kappa shape index (κ3) is 2.26. The Morgan fingerprint density at radius 2 is 2.22 bits per heavy atom. The molecule has 96 valence electrons. The number of hydrogen-bond donors (Lipinski definition) is 1. The van der Waals surface area contributed by atoms with Gasteiger partial charge >= 0.3 is 0 Å². The summed E-state index contributed by atoms with van der Waals surface area (Å²) in [4.78, 5) is 4.72. The van der Waals surface area contributed by atoms with Gasteiger partial charge in [0.05, 0.1) is 5.69 Å². The van der Waals surface area contributed by atoms with E-state index >= 15 is 0 Å². The molecule has 2 aromatic rings. The molecule has 0 radical (unpaired) electrons. The van der Waals surface area contributed by atoms with Crippen molar-refractivity contribution in [2.24, 2.45) is 11.7 Å². The number of ether oxygens (including phenoxy) is 1.